The third-order valence-electron chi connectivity index (χ3n) is 3.03. The van der Waals surface area contributed by atoms with E-state index in [9.17, 15) is 0 Å². The predicted molar refractivity (Wildman–Crippen MR) is 110 cm³/mol. The Morgan fingerprint density at radius 2 is 0.852 bits per heavy atom. The van der Waals surface area contributed by atoms with Gasteiger partial charge in [-0.15, -0.1) is 0 Å². The van der Waals surface area contributed by atoms with Crippen LogP contribution in [-0.4, -0.2) is 10.7 Å². The second-order valence-corrected chi connectivity index (χ2v) is 6.78. The molecule has 144 valence electrons. The van der Waals surface area contributed by atoms with Gasteiger partial charge < -0.3 is 0 Å². The van der Waals surface area contributed by atoms with Crippen LogP contribution in [0.25, 0.3) is 0 Å². The van der Waals surface area contributed by atoms with Gasteiger partial charge in [-0.3, -0.25) is 0 Å². The first kappa shape index (κ1) is 29.7. The number of nitriles is 6. The minimum absolute atomic E-state index is 0. The van der Waals surface area contributed by atoms with Gasteiger partial charge in [0.05, 0.1) is 36.4 Å². The normalized spacial score (nSPS) is 8.22. The van der Waals surface area contributed by atoms with Crippen molar-refractivity contribution in [1.82, 2.24) is 0 Å². The van der Waals surface area contributed by atoms with E-state index in [1.807, 2.05) is 24.3 Å². The topological polar surface area (TPSA) is 143 Å². The van der Waals surface area contributed by atoms with Gasteiger partial charge in [0, 0.05) is 10.7 Å². The Labute approximate surface area is 179 Å². The molecule has 0 unspecified atom stereocenters. The molecule has 0 aliphatic heterocycles. The molecule has 0 bridgehead atoms. The summed E-state index contributed by atoms with van der Waals surface area (Å²) in [7, 11) is 0. The van der Waals surface area contributed by atoms with Crippen molar-refractivity contribution < 1.29 is 0 Å². The molecule has 0 fully saturated rings. The highest BCUT2D eigenvalue weighted by molar-refractivity contribution is 9.09. The van der Waals surface area contributed by atoms with E-state index in [-0.39, 0.29) is 6.42 Å². The summed E-state index contributed by atoms with van der Waals surface area (Å²) in [5.74, 6) is -1.04. The Morgan fingerprint density at radius 1 is 0.519 bits per heavy atom. The summed E-state index contributed by atoms with van der Waals surface area (Å²) in [5, 5.41) is 51.4. The van der Waals surface area contributed by atoms with Crippen molar-refractivity contribution in [3.05, 3.63) is 0 Å². The summed E-state index contributed by atoms with van der Waals surface area (Å²) in [6.07, 6.45) is 7.59. The van der Waals surface area contributed by atoms with Gasteiger partial charge in [0.25, 0.3) is 0 Å². The van der Waals surface area contributed by atoms with Crippen LogP contribution in [0.1, 0.15) is 57.8 Å². The lowest BCUT2D eigenvalue weighted by atomic mass is 10.0. The first-order valence-electron chi connectivity index (χ1n) is 8.55. The van der Waals surface area contributed by atoms with Crippen LogP contribution in [0.2, 0.25) is 0 Å². The number of hydrogen-bond donors (Lipinski definition) is 0. The van der Waals surface area contributed by atoms with E-state index in [4.69, 9.17) is 31.6 Å². The first-order valence-corrected chi connectivity index (χ1v) is 10.8. The molecule has 0 aromatic rings. The van der Waals surface area contributed by atoms with Gasteiger partial charge in [-0.25, -0.2) is 0 Å². The van der Waals surface area contributed by atoms with E-state index in [2.05, 4.69) is 31.9 Å². The number of halogens is 2. The molecule has 8 heteroatoms. The maximum atomic E-state index is 8.49. The Morgan fingerprint density at radius 3 is 1.07 bits per heavy atom. The number of unbranched alkanes of at least 4 members (excludes halogenated alkanes) is 4. The van der Waals surface area contributed by atoms with Crippen LogP contribution in [0.4, 0.5) is 0 Å². The van der Waals surface area contributed by atoms with Crippen molar-refractivity contribution in [2.24, 2.45) is 11.8 Å². The van der Waals surface area contributed by atoms with Crippen molar-refractivity contribution in [3.63, 3.8) is 0 Å². The largest absolute Gasteiger partial charge is 0.197 e. The maximum absolute atomic E-state index is 8.49. The lowest BCUT2D eigenvalue weighted by molar-refractivity contribution is 0.568. The molecule has 6 nitrogen and oxygen atoms in total. The molecule has 0 aliphatic carbocycles. The highest BCUT2D eigenvalue weighted by Crippen LogP contribution is 2.12. The molecule has 0 radical (unpaired) electrons. The van der Waals surface area contributed by atoms with Crippen molar-refractivity contribution in [1.29, 1.82) is 31.6 Å². The van der Waals surface area contributed by atoms with Crippen LogP contribution in [0.3, 0.4) is 0 Å². The van der Waals surface area contributed by atoms with Crippen molar-refractivity contribution in [2.45, 2.75) is 57.8 Å². The molecule has 0 rings (SSSR count). The average Bonchev–Trinajstić information content (AvgIpc) is 2.70. The third-order valence-corrected chi connectivity index (χ3v) is 4.16. The zero-order valence-electron chi connectivity index (χ0n) is 15.4. The molecular weight excluding hydrogens is 472 g/mol. The van der Waals surface area contributed by atoms with Gasteiger partial charge in [0.1, 0.15) is 18.3 Å². The van der Waals surface area contributed by atoms with Gasteiger partial charge in [0.2, 0.25) is 0 Å². The molecule has 0 atom stereocenters. The molecule has 0 aliphatic rings. The molecular formula is C19H24Br2N6. The molecule has 0 aromatic heterocycles. The fourth-order valence-electron chi connectivity index (χ4n) is 1.59. The molecule has 0 N–H and O–H groups in total. The summed E-state index contributed by atoms with van der Waals surface area (Å²) in [5.41, 5.74) is 0. The van der Waals surface area contributed by atoms with Gasteiger partial charge in [-0.1, -0.05) is 57.5 Å². The Kier molecular flexibility index (Phi) is 31.5. The minimum Gasteiger partial charge on any atom is -0.197 e. The zero-order chi connectivity index (χ0) is 21.2. The summed E-state index contributed by atoms with van der Waals surface area (Å²) < 4.78 is 0. The van der Waals surface area contributed by atoms with E-state index in [1.165, 1.54) is 19.3 Å². The quantitative estimate of drug-likeness (QED) is 0.283. The van der Waals surface area contributed by atoms with Crippen LogP contribution < -0.4 is 0 Å². The number of hydrogen-bond acceptors (Lipinski definition) is 6. The van der Waals surface area contributed by atoms with E-state index in [1.54, 1.807) is 12.1 Å². The molecule has 0 spiro atoms. The second kappa shape index (κ2) is 28.7. The van der Waals surface area contributed by atoms with Crippen molar-refractivity contribution >= 4 is 31.9 Å². The standard InChI is InChI=1S/C11H12N4.C5H10Br2.C3H2N2/c12-6-10(7-13)4-2-1-3-5-11(8-14)9-15;6-4-2-1-3-5-7;4-2-1-3-5/h10-11H,1-5H2;1-5H2;1H2. The molecule has 0 saturated heterocycles. The SMILES string of the molecule is BrCCCCCBr.N#CC(C#N)CCCCCC(C#N)C#N.N#CCC#N. The molecule has 0 saturated carbocycles. The van der Waals surface area contributed by atoms with Crippen LogP contribution in [0.15, 0.2) is 0 Å². The first-order chi connectivity index (χ1) is 13.1. The fourth-order valence-corrected chi connectivity index (χ4v) is 2.38. The highest BCUT2D eigenvalue weighted by Gasteiger charge is 2.06. The fraction of sp³-hybridized carbons (Fsp3) is 0.684. The summed E-state index contributed by atoms with van der Waals surface area (Å²) in [6, 6.07) is 10.9. The summed E-state index contributed by atoms with van der Waals surface area (Å²) in [6.45, 7) is 0. The predicted octanol–water partition coefficient (Wildman–Crippen LogP) is 5.63. The average molecular weight is 496 g/mol. The third kappa shape index (κ3) is 28.9. The van der Waals surface area contributed by atoms with Crippen LogP contribution in [0, 0.1) is 79.8 Å². The zero-order valence-corrected chi connectivity index (χ0v) is 18.5. The van der Waals surface area contributed by atoms with Crippen molar-refractivity contribution in [3.8, 4) is 36.4 Å². The minimum atomic E-state index is -0.521. The monoisotopic (exact) mass is 494 g/mol. The summed E-state index contributed by atoms with van der Waals surface area (Å²) in [4.78, 5) is 0. The van der Waals surface area contributed by atoms with Gasteiger partial charge in [0.15, 0.2) is 0 Å². The number of alkyl halides is 2. The molecule has 0 heterocycles. The second-order valence-electron chi connectivity index (χ2n) is 5.19. The van der Waals surface area contributed by atoms with Crippen LogP contribution >= 0.6 is 31.9 Å². The maximum Gasteiger partial charge on any atom is 0.133 e. The van der Waals surface area contributed by atoms with E-state index >= 15 is 0 Å². The van der Waals surface area contributed by atoms with E-state index in [0.717, 1.165) is 29.9 Å². The Bertz CT molecular complexity index is 502. The lowest BCUT2D eigenvalue weighted by Gasteiger charge is -2.01. The van der Waals surface area contributed by atoms with E-state index < -0.39 is 11.8 Å². The molecule has 0 amide bonds. The summed E-state index contributed by atoms with van der Waals surface area (Å²) >= 11 is 6.73. The number of nitrogens with zero attached hydrogens (tertiary/aromatic N) is 6. The van der Waals surface area contributed by atoms with Gasteiger partial charge in [-0.2, -0.15) is 31.6 Å². The smallest absolute Gasteiger partial charge is 0.133 e. The van der Waals surface area contributed by atoms with Crippen LogP contribution in [0.5, 0.6) is 0 Å². The Balaban J connectivity index is -0.000000396. The Hall–Kier alpha value is -2.10. The van der Waals surface area contributed by atoms with Crippen molar-refractivity contribution in [2.75, 3.05) is 10.7 Å². The van der Waals surface area contributed by atoms with Gasteiger partial charge >= 0.3 is 0 Å². The van der Waals surface area contributed by atoms with Crippen LogP contribution in [-0.2, 0) is 0 Å². The molecule has 0 aromatic carbocycles. The molecule has 27 heavy (non-hydrogen) atoms. The lowest BCUT2D eigenvalue weighted by Crippen LogP contribution is -1.95. The number of rotatable bonds is 10. The van der Waals surface area contributed by atoms with E-state index in [0.29, 0.717) is 12.8 Å². The van der Waals surface area contributed by atoms with Gasteiger partial charge in [-0.05, 0) is 25.7 Å². The highest BCUT2D eigenvalue weighted by atomic mass is 79.9.